The fourth-order valence-corrected chi connectivity index (χ4v) is 1.91. The molecule has 0 aromatic rings. The summed E-state index contributed by atoms with van der Waals surface area (Å²) in [5, 5.41) is 0. The van der Waals surface area contributed by atoms with Gasteiger partial charge in [-0.2, -0.15) is 0 Å². The Hall–Kier alpha value is -0.940. The van der Waals surface area contributed by atoms with E-state index >= 15 is 0 Å². The average Bonchev–Trinajstić information content (AvgIpc) is 2.47. The highest BCUT2D eigenvalue weighted by atomic mass is 16.5. The van der Waals surface area contributed by atoms with Gasteiger partial charge in [0, 0.05) is 20.1 Å². The minimum atomic E-state index is -0.239. The van der Waals surface area contributed by atoms with Crippen molar-refractivity contribution in [2.24, 2.45) is 0 Å². The number of rotatable bonds is 1. The van der Waals surface area contributed by atoms with E-state index in [9.17, 15) is 9.59 Å². The van der Waals surface area contributed by atoms with Crippen LogP contribution in [-0.2, 0) is 14.3 Å². The zero-order valence-electron chi connectivity index (χ0n) is 8.23. The van der Waals surface area contributed by atoms with Crippen LogP contribution < -0.4 is 0 Å². The molecule has 0 aliphatic carbocycles. The molecule has 2 aliphatic heterocycles. The van der Waals surface area contributed by atoms with Crippen LogP contribution in [0, 0.1) is 0 Å². The van der Waals surface area contributed by atoms with Crippen LogP contribution in [0.15, 0.2) is 0 Å². The van der Waals surface area contributed by atoms with Crippen molar-refractivity contribution in [2.75, 3.05) is 33.4 Å². The van der Waals surface area contributed by atoms with Gasteiger partial charge in [-0.1, -0.05) is 0 Å². The molecule has 78 valence electrons. The molecule has 2 heterocycles. The number of nitrogens with zero attached hydrogens (tertiary/aromatic N) is 2. The van der Waals surface area contributed by atoms with E-state index in [1.54, 1.807) is 7.05 Å². The lowest BCUT2D eigenvalue weighted by atomic mass is 10.2. The summed E-state index contributed by atoms with van der Waals surface area (Å²) in [4.78, 5) is 26.2. The topological polar surface area (TPSA) is 49.9 Å². The first-order valence-electron chi connectivity index (χ1n) is 4.82. The molecule has 2 fully saturated rings. The van der Waals surface area contributed by atoms with E-state index < -0.39 is 0 Å². The van der Waals surface area contributed by atoms with Crippen LogP contribution in [0.2, 0.25) is 0 Å². The van der Waals surface area contributed by atoms with E-state index in [4.69, 9.17) is 4.74 Å². The number of imide groups is 1. The molecule has 0 aromatic carbocycles. The van der Waals surface area contributed by atoms with Crippen molar-refractivity contribution >= 4 is 11.8 Å². The van der Waals surface area contributed by atoms with Crippen LogP contribution in [-0.4, -0.2) is 61.0 Å². The molecule has 1 unspecified atom stereocenters. The standard InChI is InChI=1S/C9H14N2O3/c1-10-8(12)6-7(9(10)13)11-2-4-14-5-3-11/h7H,2-6H2,1H3. The molecule has 1 atom stereocenters. The summed E-state index contributed by atoms with van der Waals surface area (Å²) in [6.07, 6.45) is 0.329. The zero-order chi connectivity index (χ0) is 10.1. The largest absolute Gasteiger partial charge is 0.379 e. The molecule has 2 amide bonds. The van der Waals surface area contributed by atoms with Crippen molar-refractivity contribution in [2.45, 2.75) is 12.5 Å². The minimum Gasteiger partial charge on any atom is -0.379 e. The van der Waals surface area contributed by atoms with E-state index in [0.717, 1.165) is 13.1 Å². The number of carbonyl (C=O) groups excluding carboxylic acids is 2. The van der Waals surface area contributed by atoms with Crippen molar-refractivity contribution in [1.29, 1.82) is 0 Å². The second-order valence-corrected chi connectivity index (χ2v) is 3.66. The summed E-state index contributed by atoms with van der Waals surface area (Å²) in [5.74, 6) is -0.150. The molecule has 5 heteroatoms. The molecule has 5 nitrogen and oxygen atoms in total. The van der Waals surface area contributed by atoms with Gasteiger partial charge in [-0.3, -0.25) is 19.4 Å². The fourth-order valence-electron chi connectivity index (χ4n) is 1.91. The second-order valence-electron chi connectivity index (χ2n) is 3.66. The molecule has 2 saturated heterocycles. The van der Waals surface area contributed by atoms with Gasteiger partial charge in [-0.25, -0.2) is 0 Å². The van der Waals surface area contributed by atoms with Crippen LogP contribution in [0.3, 0.4) is 0 Å². The van der Waals surface area contributed by atoms with Gasteiger partial charge >= 0.3 is 0 Å². The number of morpholine rings is 1. The monoisotopic (exact) mass is 198 g/mol. The van der Waals surface area contributed by atoms with Crippen LogP contribution in [0.25, 0.3) is 0 Å². The van der Waals surface area contributed by atoms with Crippen LogP contribution in [0.4, 0.5) is 0 Å². The number of hydrogen-bond donors (Lipinski definition) is 0. The predicted molar refractivity (Wildman–Crippen MR) is 48.6 cm³/mol. The highest BCUT2D eigenvalue weighted by Gasteiger charge is 2.39. The van der Waals surface area contributed by atoms with Gasteiger partial charge in [-0.05, 0) is 0 Å². The second kappa shape index (κ2) is 3.67. The van der Waals surface area contributed by atoms with E-state index in [1.165, 1.54) is 4.90 Å². The molecule has 0 aromatic heterocycles. The predicted octanol–water partition coefficient (Wildman–Crippen LogP) is -0.924. The molecule has 14 heavy (non-hydrogen) atoms. The Balaban J connectivity index is 2.04. The van der Waals surface area contributed by atoms with Crippen LogP contribution in [0.1, 0.15) is 6.42 Å². The molecular weight excluding hydrogens is 184 g/mol. The van der Waals surface area contributed by atoms with Gasteiger partial charge in [-0.15, -0.1) is 0 Å². The minimum absolute atomic E-state index is 0.0723. The van der Waals surface area contributed by atoms with Gasteiger partial charge in [0.25, 0.3) is 0 Å². The van der Waals surface area contributed by atoms with E-state index in [1.807, 2.05) is 4.90 Å². The van der Waals surface area contributed by atoms with Crippen molar-refractivity contribution in [3.63, 3.8) is 0 Å². The van der Waals surface area contributed by atoms with Crippen molar-refractivity contribution in [3.05, 3.63) is 0 Å². The third-order valence-electron chi connectivity index (χ3n) is 2.84. The molecule has 0 bridgehead atoms. The van der Waals surface area contributed by atoms with Gasteiger partial charge < -0.3 is 4.74 Å². The molecule has 2 aliphatic rings. The normalized spacial score (nSPS) is 30.1. The van der Waals surface area contributed by atoms with Crippen LogP contribution >= 0.6 is 0 Å². The Morgan fingerprint density at radius 1 is 1.29 bits per heavy atom. The lowest BCUT2D eigenvalue weighted by Crippen LogP contribution is -2.46. The maximum absolute atomic E-state index is 11.6. The highest BCUT2D eigenvalue weighted by Crippen LogP contribution is 2.17. The quantitative estimate of drug-likeness (QED) is 0.511. The molecular formula is C9H14N2O3. The lowest BCUT2D eigenvalue weighted by Gasteiger charge is -2.30. The van der Waals surface area contributed by atoms with E-state index in [0.29, 0.717) is 19.6 Å². The maximum atomic E-state index is 11.6. The summed E-state index contributed by atoms with van der Waals surface area (Å²) in [7, 11) is 1.55. The highest BCUT2D eigenvalue weighted by molar-refractivity contribution is 6.05. The Kier molecular flexibility index (Phi) is 2.52. The van der Waals surface area contributed by atoms with Gasteiger partial charge in [0.15, 0.2) is 0 Å². The Bertz CT molecular complexity index is 261. The van der Waals surface area contributed by atoms with Gasteiger partial charge in [0.2, 0.25) is 11.8 Å². The number of amides is 2. The Morgan fingerprint density at radius 3 is 2.43 bits per heavy atom. The number of hydrogen-bond acceptors (Lipinski definition) is 4. The summed E-state index contributed by atoms with van der Waals surface area (Å²) in [5.41, 5.74) is 0. The van der Waals surface area contributed by atoms with Gasteiger partial charge in [0.1, 0.15) is 0 Å². The third kappa shape index (κ3) is 1.53. The first-order valence-corrected chi connectivity index (χ1v) is 4.82. The number of ether oxygens (including phenoxy) is 1. The van der Waals surface area contributed by atoms with E-state index in [-0.39, 0.29) is 17.9 Å². The number of carbonyl (C=O) groups is 2. The summed E-state index contributed by atoms with van der Waals surface area (Å²) < 4.78 is 5.20. The Labute approximate surface area is 82.6 Å². The van der Waals surface area contributed by atoms with Crippen LogP contribution in [0.5, 0.6) is 0 Å². The smallest absolute Gasteiger partial charge is 0.246 e. The summed E-state index contributed by atoms with van der Waals surface area (Å²) >= 11 is 0. The zero-order valence-corrected chi connectivity index (χ0v) is 8.23. The van der Waals surface area contributed by atoms with E-state index in [2.05, 4.69) is 0 Å². The number of likely N-dealkylation sites (tertiary alicyclic amines) is 1. The lowest BCUT2D eigenvalue weighted by molar-refractivity contribution is -0.138. The molecule has 2 rings (SSSR count). The summed E-state index contributed by atoms with van der Waals surface area (Å²) in [6.45, 7) is 2.80. The third-order valence-corrected chi connectivity index (χ3v) is 2.84. The fraction of sp³-hybridized carbons (Fsp3) is 0.778. The van der Waals surface area contributed by atoms with Crippen molar-refractivity contribution < 1.29 is 14.3 Å². The molecule has 0 radical (unpaired) electrons. The van der Waals surface area contributed by atoms with Gasteiger partial charge in [0.05, 0.1) is 25.7 Å². The maximum Gasteiger partial charge on any atom is 0.246 e. The van der Waals surface area contributed by atoms with Crippen molar-refractivity contribution in [1.82, 2.24) is 9.80 Å². The summed E-state index contributed by atoms with van der Waals surface area (Å²) in [6, 6.07) is -0.239. The van der Waals surface area contributed by atoms with Crippen molar-refractivity contribution in [3.8, 4) is 0 Å². The number of likely N-dealkylation sites (N-methyl/N-ethyl adjacent to an activating group) is 1. The average molecular weight is 198 g/mol. The SMILES string of the molecule is CN1C(=O)CC(N2CCOCC2)C1=O. The molecule has 0 spiro atoms. The Morgan fingerprint density at radius 2 is 1.93 bits per heavy atom. The molecule has 0 saturated carbocycles. The molecule has 0 N–H and O–H groups in total. The first kappa shape index (κ1) is 9.61. The first-order chi connectivity index (χ1) is 6.70.